The van der Waals surface area contributed by atoms with Crippen LogP contribution in [0.15, 0.2) is 18.5 Å². The molecule has 2 atom stereocenters. The number of nitrogens with zero attached hydrogens (tertiary/aromatic N) is 3. The molecule has 1 N–H and O–H groups in total. The number of pyridine rings is 1. The molecule has 0 spiro atoms. The van der Waals surface area contributed by atoms with E-state index in [0.717, 1.165) is 31.9 Å². The Balaban J connectivity index is 2.24. The summed E-state index contributed by atoms with van der Waals surface area (Å²) < 4.78 is 5.30. The lowest BCUT2D eigenvalue weighted by molar-refractivity contribution is 0.0879. The van der Waals surface area contributed by atoms with E-state index in [1.807, 2.05) is 6.20 Å². The lowest BCUT2D eigenvalue weighted by Crippen LogP contribution is -2.55. The summed E-state index contributed by atoms with van der Waals surface area (Å²) in [6.45, 7) is 6.37. The summed E-state index contributed by atoms with van der Waals surface area (Å²) in [4.78, 5) is 9.13. The fourth-order valence-corrected chi connectivity index (χ4v) is 2.82. The number of ether oxygens (including phenoxy) is 1. The Labute approximate surface area is 121 Å². The van der Waals surface area contributed by atoms with Crippen LogP contribution < -0.4 is 10.1 Å². The van der Waals surface area contributed by atoms with E-state index >= 15 is 0 Å². The smallest absolute Gasteiger partial charge is 0.137 e. The first kappa shape index (κ1) is 15.2. The van der Waals surface area contributed by atoms with Crippen molar-refractivity contribution >= 4 is 0 Å². The Kier molecular flexibility index (Phi) is 5.34. The standard InChI is InChI=1S/C15H26N4O/c1-5-17-15(12-8-13(20-4)10-16-9-12)14-11-18(2)6-7-19(14)3/h8-10,14-15,17H,5-7,11H2,1-4H3. The number of likely N-dealkylation sites (N-methyl/N-ethyl adjacent to an activating group) is 3. The third-order valence-electron chi connectivity index (χ3n) is 4.04. The Morgan fingerprint density at radius 1 is 1.40 bits per heavy atom. The molecule has 0 amide bonds. The normalized spacial score (nSPS) is 22.7. The van der Waals surface area contributed by atoms with Crippen molar-refractivity contribution in [3.05, 3.63) is 24.0 Å². The van der Waals surface area contributed by atoms with Crippen molar-refractivity contribution in [2.75, 3.05) is 47.4 Å². The van der Waals surface area contributed by atoms with Gasteiger partial charge in [0, 0.05) is 31.9 Å². The number of rotatable bonds is 5. The predicted molar refractivity (Wildman–Crippen MR) is 81.1 cm³/mol. The summed E-state index contributed by atoms with van der Waals surface area (Å²) in [6, 6.07) is 2.81. The zero-order chi connectivity index (χ0) is 14.5. The van der Waals surface area contributed by atoms with Crippen molar-refractivity contribution in [2.24, 2.45) is 0 Å². The molecule has 2 rings (SSSR count). The molecule has 0 bridgehead atoms. The summed E-state index contributed by atoms with van der Waals surface area (Å²) in [5, 5.41) is 3.61. The lowest BCUT2D eigenvalue weighted by atomic mass is 9.97. The van der Waals surface area contributed by atoms with E-state index in [0.29, 0.717) is 6.04 Å². The quantitative estimate of drug-likeness (QED) is 0.870. The van der Waals surface area contributed by atoms with Crippen molar-refractivity contribution in [3.8, 4) is 5.75 Å². The van der Waals surface area contributed by atoms with Gasteiger partial charge in [0.2, 0.25) is 0 Å². The topological polar surface area (TPSA) is 40.6 Å². The average molecular weight is 278 g/mol. The van der Waals surface area contributed by atoms with E-state index in [1.54, 1.807) is 13.3 Å². The van der Waals surface area contributed by atoms with Crippen LogP contribution in [0.1, 0.15) is 18.5 Å². The Hall–Kier alpha value is -1.17. The summed E-state index contributed by atoms with van der Waals surface area (Å²) in [6.07, 6.45) is 3.70. The molecule has 1 saturated heterocycles. The van der Waals surface area contributed by atoms with Gasteiger partial charge in [-0.25, -0.2) is 0 Å². The van der Waals surface area contributed by atoms with E-state index in [4.69, 9.17) is 4.74 Å². The number of methoxy groups -OCH3 is 1. The molecular formula is C15H26N4O. The molecule has 1 aliphatic rings. The third-order valence-corrected chi connectivity index (χ3v) is 4.04. The van der Waals surface area contributed by atoms with Crippen molar-refractivity contribution in [1.82, 2.24) is 20.1 Å². The lowest BCUT2D eigenvalue weighted by Gasteiger charge is -2.42. The maximum absolute atomic E-state index is 5.30. The zero-order valence-corrected chi connectivity index (χ0v) is 13.0. The highest BCUT2D eigenvalue weighted by atomic mass is 16.5. The van der Waals surface area contributed by atoms with Gasteiger partial charge in [0.15, 0.2) is 0 Å². The molecule has 20 heavy (non-hydrogen) atoms. The number of piperazine rings is 1. The Morgan fingerprint density at radius 3 is 2.90 bits per heavy atom. The van der Waals surface area contributed by atoms with Gasteiger partial charge in [0.05, 0.1) is 19.3 Å². The molecule has 1 aromatic heterocycles. The molecule has 5 heteroatoms. The maximum atomic E-state index is 5.30. The van der Waals surface area contributed by atoms with Gasteiger partial charge < -0.3 is 15.0 Å². The van der Waals surface area contributed by atoms with E-state index in [2.05, 4.69) is 47.2 Å². The molecule has 2 unspecified atom stereocenters. The van der Waals surface area contributed by atoms with Crippen LogP contribution in [0.4, 0.5) is 0 Å². The number of nitrogens with one attached hydrogen (secondary N) is 1. The molecule has 112 valence electrons. The molecule has 0 aromatic carbocycles. The van der Waals surface area contributed by atoms with Gasteiger partial charge in [-0.1, -0.05) is 6.92 Å². The van der Waals surface area contributed by atoms with Gasteiger partial charge in [-0.3, -0.25) is 9.88 Å². The first-order valence-corrected chi connectivity index (χ1v) is 7.26. The zero-order valence-electron chi connectivity index (χ0n) is 13.0. The minimum Gasteiger partial charge on any atom is -0.495 e. The van der Waals surface area contributed by atoms with Crippen LogP contribution in [-0.4, -0.2) is 68.2 Å². The van der Waals surface area contributed by atoms with E-state index in [1.165, 1.54) is 5.56 Å². The highest BCUT2D eigenvalue weighted by molar-refractivity contribution is 5.27. The molecule has 0 aliphatic carbocycles. The van der Waals surface area contributed by atoms with Gasteiger partial charge in [0.1, 0.15) is 5.75 Å². The van der Waals surface area contributed by atoms with Crippen LogP contribution in [-0.2, 0) is 0 Å². The Morgan fingerprint density at radius 2 is 2.20 bits per heavy atom. The summed E-state index contributed by atoms with van der Waals surface area (Å²) in [5.74, 6) is 0.817. The van der Waals surface area contributed by atoms with Crippen LogP contribution in [0, 0.1) is 0 Å². The summed E-state index contributed by atoms with van der Waals surface area (Å²) in [5.41, 5.74) is 1.19. The molecule has 1 aromatic rings. The third kappa shape index (κ3) is 3.48. The number of hydrogen-bond acceptors (Lipinski definition) is 5. The van der Waals surface area contributed by atoms with Crippen LogP contribution in [0.3, 0.4) is 0 Å². The van der Waals surface area contributed by atoms with Crippen molar-refractivity contribution in [2.45, 2.75) is 19.0 Å². The van der Waals surface area contributed by atoms with E-state index < -0.39 is 0 Å². The molecule has 5 nitrogen and oxygen atoms in total. The first-order valence-electron chi connectivity index (χ1n) is 7.26. The average Bonchev–Trinajstić information content (AvgIpc) is 2.47. The predicted octanol–water partition coefficient (Wildman–Crippen LogP) is 0.987. The van der Waals surface area contributed by atoms with Crippen molar-refractivity contribution in [1.29, 1.82) is 0 Å². The SMILES string of the molecule is CCNC(c1cncc(OC)c1)C1CN(C)CCN1C. The van der Waals surface area contributed by atoms with Crippen molar-refractivity contribution in [3.63, 3.8) is 0 Å². The molecule has 1 fully saturated rings. The van der Waals surface area contributed by atoms with E-state index in [9.17, 15) is 0 Å². The molecular weight excluding hydrogens is 252 g/mol. The second kappa shape index (κ2) is 7.02. The highest BCUT2D eigenvalue weighted by Crippen LogP contribution is 2.25. The summed E-state index contributed by atoms with van der Waals surface area (Å²) in [7, 11) is 6.08. The second-order valence-corrected chi connectivity index (χ2v) is 5.50. The van der Waals surface area contributed by atoms with Crippen LogP contribution in [0.5, 0.6) is 5.75 Å². The fraction of sp³-hybridized carbons (Fsp3) is 0.667. The van der Waals surface area contributed by atoms with Gasteiger partial charge >= 0.3 is 0 Å². The number of hydrogen-bond donors (Lipinski definition) is 1. The van der Waals surface area contributed by atoms with E-state index in [-0.39, 0.29) is 6.04 Å². The molecule has 0 saturated carbocycles. The van der Waals surface area contributed by atoms with Crippen LogP contribution in [0.2, 0.25) is 0 Å². The highest BCUT2D eigenvalue weighted by Gasteiger charge is 2.30. The second-order valence-electron chi connectivity index (χ2n) is 5.50. The molecule has 2 heterocycles. The Bertz CT molecular complexity index is 426. The number of aromatic nitrogens is 1. The molecule has 0 radical (unpaired) electrons. The summed E-state index contributed by atoms with van der Waals surface area (Å²) >= 11 is 0. The fourth-order valence-electron chi connectivity index (χ4n) is 2.82. The molecule has 1 aliphatic heterocycles. The minimum atomic E-state index is 0.273. The largest absolute Gasteiger partial charge is 0.495 e. The van der Waals surface area contributed by atoms with Gasteiger partial charge in [-0.2, -0.15) is 0 Å². The van der Waals surface area contributed by atoms with Crippen molar-refractivity contribution < 1.29 is 4.74 Å². The van der Waals surface area contributed by atoms with Crippen LogP contribution >= 0.6 is 0 Å². The van der Waals surface area contributed by atoms with Gasteiger partial charge in [-0.05, 0) is 32.3 Å². The van der Waals surface area contributed by atoms with Crippen LogP contribution in [0.25, 0.3) is 0 Å². The van der Waals surface area contributed by atoms with Gasteiger partial charge in [0.25, 0.3) is 0 Å². The van der Waals surface area contributed by atoms with Gasteiger partial charge in [-0.15, -0.1) is 0 Å². The maximum Gasteiger partial charge on any atom is 0.137 e. The minimum absolute atomic E-state index is 0.273. The monoisotopic (exact) mass is 278 g/mol. The first-order chi connectivity index (χ1) is 9.65.